The predicted molar refractivity (Wildman–Crippen MR) is 83.6 cm³/mol. The molecule has 1 heterocycles. The summed E-state index contributed by atoms with van der Waals surface area (Å²) < 4.78 is 26.9. The maximum Gasteiger partial charge on any atom is 0.243 e. The predicted octanol–water partition coefficient (Wildman–Crippen LogP) is 2.16. The van der Waals surface area contributed by atoms with Crippen LogP contribution in [0.4, 0.5) is 0 Å². The molecule has 2 atom stereocenters. The van der Waals surface area contributed by atoms with Gasteiger partial charge in [-0.2, -0.15) is 4.31 Å². The largest absolute Gasteiger partial charge is 0.329 e. The summed E-state index contributed by atoms with van der Waals surface area (Å²) in [6, 6.07) is 6.94. The Morgan fingerprint density at radius 1 is 1.30 bits per heavy atom. The fraction of sp³-hybridized carbons (Fsp3) is 0.571. The van der Waals surface area contributed by atoms with Gasteiger partial charge in [0.15, 0.2) is 0 Å². The van der Waals surface area contributed by atoms with Crippen molar-refractivity contribution < 1.29 is 8.42 Å². The molecule has 1 fully saturated rings. The van der Waals surface area contributed by atoms with E-state index in [-0.39, 0.29) is 18.4 Å². The summed E-state index contributed by atoms with van der Waals surface area (Å²) in [5.41, 5.74) is 6.81. The van der Waals surface area contributed by atoms with Crippen molar-refractivity contribution in [2.45, 2.75) is 37.6 Å². The van der Waals surface area contributed by atoms with Crippen molar-refractivity contribution in [3.05, 3.63) is 29.8 Å². The zero-order valence-electron chi connectivity index (χ0n) is 12.0. The normalized spacial score (nSPS) is 24.1. The van der Waals surface area contributed by atoms with E-state index < -0.39 is 10.0 Å². The monoisotopic (exact) mass is 318 g/mol. The third kappa shape index (κ3) is 3.52. The van der Waals surface area contributed by atoms with Gasteiger partial charge in [-0.25, -0.2) is 8.42 Å². The fourth-order valence-electron chi connectivity index (χ4n) is 2.61. The highest BCUT2D eigenvalue weighted by molar-refractivity contribution is 7.89. The van der Waals surface area contributed by atoms with Crippen molar-refractivity contribution in [3.63, 3.8) is 0 Å². The Labute approximate surface area is 127 Å². The zero-order chi connectivity index (χ0) is 14.0. The molecule has 1 aromatic rings. The van der Waals surface area contributed by atoms with Crippen LogP contribution >= 0.6 is 12.4 Å². The highest BCUT2D eigenvalue weighted by Crippen LogP contribution is 2.27. The molecular formula is C14H23ClN2O2S. The van der Waals surface area contributed by atoms with Crippen LogP contribution in [-0.4, -0.2) is 31.9 Å². The van der Waals surface area contributed by atoms with E-state index in [4.69, 9.17) is 5.73 Å². The lowest BCUT2D eigenvalue weighted by molar-refractivity contribution is 0.211. The van der Waals surface area contributed by atoms with Crippen molar-refractivity contribution in [2.75, 3.05) is 13.1 Å². The van der Waals surface area contributed by atoms with E-state index in [1.807, 2.05) is 19.1 Å². The lowest BCUT2D eigenvalue weighted by atomic mass is 9.94. The van der Waals surface area contributed by atoms with Crippen LogP contribution in [0.2, 0.25) is 0 Å². The van der Waals surface area contributed by atoms with E-state index in [1.54, 1.807) is 16.4 Å². The first-order valence-corrected chi connectivity index (χ1v) is 8.17. The first-order chi connectivity index (χ1) is 8.95. The van der Waals surface area contributed by atoms with E-state index >= 15 is 0 Å². The van der Waals surface area contributed by atoms with Crippen LogP contribution in [0.3, 0.4) is 0 Å². The highest BCUT2D eigenvalue weighted by atomic mass is 35.5. The molecule has 0 aliphatic carbocycles. The Hall–Kier alpha value is -0.620. The second-order valence-electron chi connectivity index (χ2n) is 5.45. The van der Waals surface area contributed by atoms with Crippen LogP contribution in [0.25, 0.3) is 0 Å². The number of halogens is 1. The Balaban J connectivity index is 0.00000200. The van der Waals surface area contributed by atoms with Crippen molar-refractivity contribution in [1.29, 1.82) is 0 Å². The molecule has 0 bridgehead atoms. The average molecular weight is 319 g/mol. The van der Waals surface area contributed by atoms with E-state index in [0.717, 1.165) is 18.4 Å². The van der Waals surface area contributed by atoms with Gasteiger partial charge in [0.05, 0.1) is 4.90 Å². The number of piperidine rings is 1. The molecule has 0 amide bonds. The molecule has 2 unspecified atom stereocenters. The summed E-state index contributed by atoms with van der Waals surface area (Å²) in [4.78, 5) is 0.367. The molecule has 4 nitrogen and oxygen atoms in total. The van der Waals surface area contributed by atoms with Gasteiger partial charge in [0.25, 0.3) is 0 Å². The quantitative estimate of drug-likeness (QED) is 0.929. The third-order valence-corrected chi connectivity index (χ3v) is 5.79. The lowest BCUT2D eigenvalue weighted by Gasteiger charge is -2.36. The average Bonchev–Trinajstić information content (AvgIpc) is 2.38. The fourth-order valence-corrected chi connectivity index (χ4v) is 4.27. The number of aryl methyl sites for hydroxylation is 1. The summed E-state index contributed by atoms with van der Waals surface area (Å²) in [6.07, 6.45) is 1.75. The molecule has 2 N–H and O–H groups in total. The molecule has 20 heavy (non-hydrogen) atoms. The van der Waals surface area contributed by atoms with Crippen molar-refractivity contribution in [3.8, 4) is 0 Å². The smallest absolute Gasteiger partial charge is 0.243 e. The highest BCUT2D eigenvalue weighted by Gasteiger charge is 2.34. The third-order valence-electron chi connectivity index (χ3n) is 3.82. The summed E-state index contributed by atoms with van der Waals surface area (Å²) in [5.74, 6) is 0.540. The number of sulfonamides is 1. The Morgan fingerprint density at radius 3 is 2.45 bits per heavy atom. The van der Waals surface area contributed by atoms with Gasteiger partial charge < -0.3 is 5.73 Å². The molecule has 0 spiro atoms. The number of nitrogens with zero attached hydrogens (tertiary/aromatic N) is 1. The van der Waals surface area contributed by atoms with Crippen LogP contribution < -0.4 is 5.73 Å². The second kappa shape index (κ2) is 6.89. The van der Waals surface area contributed by atoms with Crippen LogP contribution in [0.1, 0.15) is 25.3 Å². The lowest BCUT2D eigenvalue weighted by Crippen LogP contribution is -2.49. The van der Waals surface area contributed by atoms with Gasteiger partial charge in [0.1, 0.15) is 0 Å². The minimum absolute atomic E-state index is 0. The molecule has 1 aromatic carbocycles. The molecule has 1 saturated heterocycles. The molecule has 0 saturated carbocycles. The van der Waals surface area contributed by atoms with E-state index in [0.29, 0.717) is 23.9 Å². The van der Waals surface area contributed by atoms with Gasteiger partial charge in [-0.1, -0.05) is 24.6 Å². The Bertz CT molecular complexity index is 531. The molecular weight excluding hydrogens is 296 g/mol. The Kier molecular flexibility index (Phi) is 6.01. The molecule has 2 rings (SSSR count). The number of benzene rings is 1. The molecule has 0 radical (unpaired) electrons. The number of hydrogen-bond donors (Lipinski definition) is 1. The van der Waals surface area contributed by atoms with Gasteiger partial charge >= 0.3 is 0 Å². The summed E-state index contributed by atoms with van der Waals surface area (Å²) in [5, 5.41) is 0. The van der Waals surface area contributed by atoms with Gasteiger partial charge in [-0.05, 0) is 37.8 Å². The van der Waals surface area contributed by atoms with Crippen molar-refractivity contribution in [2.24, 2.45) is 11.7 Å². The van der Waals surface area contributed by atoms with Crippen LogP contribution in [-0.2, 0) is 10.0 Å². The number of nitrogens with two attached hydrogens (primary N) is 1. The summed E-state index contributed by atoms with van der Waals surface area (Å²) >= 11 is 0. The maximum atomic E-state index is 12.6. The minimum atomic E-state index is -3.41. The molecule has 6 heteroatoms. The van der Waals surface area contributed by atoms with Crippen LogP contribution in [0, 0.1) is 12.8 Å². The minimum Gasteiger partial charge on any atom is -0.329 e. The summed E-state index contributed by atoms with van der Waals surface area (Å²) in [7, 11) is -3.41. The number of rotatable bonds is 3. The number of hydrogen-bond acceptors (Lipinski definition) is 3. The zero-order valence-corrected chi connectivity index (χ0v) is 13.6. The van der Waals surface area contributed by atoms with E-state index in [2.05, 4.69) is 6.92 Å². The van der Waals surface area contributed by atoms with Gasteiger partial charge in [0.2, 0.25) is 10.0 Å². The van der Waals surface area contributed by atoms with Gasteiger partial charge in [-0.3, -0.25) is 0 Å². The van der Waals surface area contributed by atoms with Crippen LogP contribution in [0.15, 0.2) is 29.2 Å². The van der Waals surface area contributed by atoms with E-state index in [1.165, 1.54) is 0 Å². The van der Waals surface area contributed by atoms with Crippen molar-refractivity contribution in [1.82, 2.24) is 4.31 Å². The molecule has 1 aliphatic rings. The SMILES string of the molecule is Cc1ccc(S(=O)(=O)N2CCC(C)CC2CN)cc1.Cl. The topological polar surface area (TPSA) is 63.4 Å². The molecule has 1 aliphatic heterocycles. The first-order valence-electron chi connectivity index (χ1n) is 6.73. The maximum absolute atomic E-state index is 12.6. The van der Waals surface area contributed by atoms with Gasteiger partial charge in [0, 0.05) is 19.1 Å². The van der Waals surface area contributed by atoms with Crippen LogP contribution in [0.5, 0.6) is 0 Å². The first kappa shape index (κ1) is 17.4. The second-order valence-corrected chi connectivity index (χ2v) is 7.34. The molecule has 114 valence electrons. The van der Waals surface area contributed by atoms with Crippen molar-refractivity contribution >= 4 is 22.4 Å². The Morgan fingerprint density at radius 2 is 1.90 bits per heavy atom. The standard InChI is InChI=1S/C14H22N2O2S.ClH/c1-11-3-5-14(6-4-11)19(17,18)16-8-7-12(2)9-13(16)10-15;/h3-6,12-13H,7-10,15H2,1-2H3;1H. The van der Waals surface area contributed by atoms with Gasteiger partial charge in [-0.15, -0.1) is 12.4 Å². The molecule has 0 aromatic heterocycles. The summed E-state index contributed by atoms with van der Waals surface area (Å²) in [6.45, 7) is 5.05. The van der Waals surface area contributed by atoms with E-state index in [9.17, 15) is 8.42 Å².